The number of rotatable bonds is 3. The number of carbonyl (C=O) groups excluding carboxylic acids is 1. The van der Waals surface area contributed by atoms with E-state index in [1.165, 1.54) is 13.0 Å². The van der Waals surface area contributed by atoms with Gasteiger partial charge in [0.25, 0.3) is 5.56 Å². The summed E-state index contributed by atoms with van der Waals surface area (Å²) in [5.41, 5.74) is -0.416. The predicted molar refractivity (Wildman–Crippen MR) is 58.5 cm³/mol. The molecule has 0 bridgehead atoms. The molecule has 0 amide bonds. The summed E-state index contributed by atoms with van der Waals surface area (Å²) >= 11 is 0. The Labute approximate surface area is 97.7 Å². The molecule has 0 fully saturated rings. The second kappa shape index (κ2) is 5.16. The molecule has 0 unspecified atom stereocenters. The molecule has 6 heteroatoms. The van der Waals surface area contributed by atoms with Crippen molar-refractivity contribution in [2.24, 2.45) is 0 Å². The zero-order valence-electron chi connectivity index (χ0n) is 9.56. The molecule has 1 aromatic rings. The SMILES string of the molecule is CCOC(=O)Cn1c(O)cc(C)c(C#N)c1=O. The van der Waals surface area contributed by atoms with Crippen LogP contribution in [0.2, 0.25) is 0 Å². The van der Waals surface area contributed by atoms with Crippen molar-refractivity contribution in [3.63, 3.8) is 0 Å². The molecular formula is C11H12N2O4. The van der Waals surface area contributed by atoms with E-state index in [1.807, 2.05) is 0 Å². The Morgan fingerprint density at radius 2 is 2.29 bits per heavy atom. The van der Waals surface area contributed by atoms with E-state index < -0.39 is 18.1 Å². The maximum Gasteiger partial charge on any atom is 0.326 e. The van der Waals surface area contributed by atoms with E-state index in [-0.39, 0.29) is 18.1 Å². The second-order valence-electron chi connectivity index (χ2n) is 3.37. The lowest BCUT2D eigenvalue weighted by Crippen LogP contribution is -2.27. The summed E-state index contributed by atoms with van der Waals surface area (Å²) in [7, 11) is 0. The molecule has 1 N–H and O–H groups in total. The molecule has 90 valence electrons. The number of aryl methyl sites for hydroxylation is 1. The van der Waals surface area contributed by atoms with Crippen molar-refractivity contribution in [1.29, 1.82) is 5.26 Å². The van der Waals surface area contributed by atoms with E-state index in [1.54, 1.807) is 13.0 Å². The molecule has 0 saturated carbocycles. The molecule has 0 aliphatic heterocycles. The van der Waals surface area contributed by atoms with E-state index in [9.17, 15) is 14.7 Å². The van der Waals surface area contributed by atoms with Crippen molar-refractivity contribution in [3.8, 4) is 11.9 Å². The fourth-order valence-electron chi connectivity index (χ4n) is 1.38. The van der Waals surface area contributed by atoms with Gasteiger partial charge >= 0.3 is 5.97 Å². The van der Waals surface area contributed by atoms with E-state index in [0.29, 0.717) is 5.56 Å². The van der Waals surface area contributed by atoms with Gasteiger partial charge in [0.15, 0.2) is 5.88 Å². The molecule has 17 heavy (non-hydrogen) atoms. The summed E-state index contributed by atoms with van der Waals surface area (Å²) in [6.45, 7) is 2.95. The number of nitriles is 1. The third-order valence-electron chi connectivity index (χ3n) is 2.18. The fourth-order valence-corrected chi connectivity index (χ4v) is 1.38. The van der Waals surface area contributed by atoms with Crippen LogP contribution >= 0.6 is 0 Å². The average molecular weight is 236 g/mol. The lowest BCUT2D eigenvalue weighted by Gasteiger charge is -2.09. The second-order valence-corrected chi connectivity index (χ2v) is 3.37. The molecule has 1 rings (SSSR count). The smallest absolute Gasteiger partial charge is 0.326 e. The zero-order valence-corrected chi connectivity index (χ0v) is 9.56. The molecule has 0 atom stereocenters. The van der Waals surface area contributed by atoms with Crippen LogP contribution in [0, 0.1) is 18.3 Å². The van der Waals surface area contributed by atoms with Crippen LogP contribution in [0.5, 0.6) is 5.88 Å². The maximum absolute atomic E-state index is 11.8. The number of esters is 1. The Balaban J connectivity index is 3.22. The van der Waals surface area contributed by atoms with Crippen LogP contribution in [0.1, 0.15) is 18.1 Å². The molecule has 0 aromatic carbocycles. The van der Waals surface area contributed by atoms with Gasteiger partial charge in [0.05, 0.1) is 6.61 Å². The highest BCUT2D eigenvalue weighted by molar-refractivity contribution is 5.69. The van der Waals surface area contributed by atoms with Gasteiger partial charge in [-0.1, -0.05) is 0 Å². The first-order valence-electron chi connectivity index (χ1n) is 5.00. The predicted octanol–water partition coefficient (Wildman–Crippen LogP) is 0.297. The van der Waals surface area contributed by atoms with Crippen molar-refractivity contribution in [1.82, 2.24) is 4.57 Å². The van der Waals surface area contributed by atoms with E-state index in [2.05, 4.69) is 4.74 Å². The largest absolute Gasteiger partial charge is 0.494 e. The Bertz CT molecular complexity index is 540. The summed E-state index contributed by atoms with van der Waals surface area (Å²) in [5.74, 6) is -1.00. The van der Waals surface area contributed by atoms with Gasteiger partial charge in [-0.3, -0.25) is 14.2 Å². The number of pyridine rings is 1. The first-order valence-corrected chi connectivity index (χ1v) is 5.00. The zero-order chi connectivity index (χ0) is 13.0. The van der Waals surface area contributed by atoms with Gasteiger partial charge < -0.3 is 9.84 Å². The highest BCUT2D eigenvalue weighted by Gasteiger charge is 2.14. The van der Waals surface area contributed by atoms with Crippen molar-refractivity contribution >= 4 is 5.97 Å². The summed E-state index contributed by atoms with van der Waals surface area (Å²) in [6.07, 6.45) is 0. The molecule has 0 saturated heterocycles. The highest BCUT2D eigenvalue weighted by Crippen LogP contribution is 2.11. The van der Waals surface area contributed by atoms with Gasteiger partial charge in [-0.25, -0.2) is 0 Å². The van der Waals surface area contributed by atoms with Crippen LogP contribution in [0.4, 0.5) is 0 Å². The fraction of sp³-hybridized carbons (Fsp3) is 0.364. The first kappa shape index (κ1) is 12.8. The number of hydrogen-bond donors (Lipinski definition) is 1. The van der Waals surface area contributed by atoms with Gasteiger partial charge in [0.1, 0.15) is 18.2 Å². The Kier molecular flexibility index (Phi) is 3.88. The lowest BCUT2D eigenvalue weighted by atomic mass is 10.1. The third-order valence-corrected chi connectivity index (χ3v) is 2.18. The van der Waals surface area contributed by atoms with Crippen LogP contribution in [0.15, 0.2) is 10.9 Å². The summed E-state index contributed by atoms with van der Waals surface area (Å²) in [4.78, 5) is 23.0. The first-order chi connectivity index (χ1) is 8.01. The van der Waals surface area contributed by atoms with E-state index in [0.717, 1.165) is 4.57 Å². The topological polar surface area (TPSA) is 92.3 Å². The van der Waals surface area contributed by atoms with Crippen LogP contribution in [0.3, 0.4) is 0 Å². The molecule has 0 spiro atoms. The molecule has 0 aliphatic rings. The van der Waals surface area contributed by atoms with Crippen molar-refractivity contribution in [2.75, 3.05) is 6.61 Å². The molecule has 0 aliphatic carbocycles. The Morgan fingerprint density at radius 3 is 2.82 bits per heavy atom. The van der Waals surface area contributed by atoms with Gasteiger partial charge in [-0.2, -0.15) is 5.26 Å². The van der Waals surface area contributed by atoms with E-state index >= 15 is 0 Å². The summed E-state index contributed by atoms with van der Waals surface area (Å²) in [6, 6.07) is 3.00. The Hall–Kier alpha value is -2.29. The quantitative estimate of drug-likeness (QED) is 0.762. The number of aromatic hydroxyl groups is 1. The van der Waals surface area contributed by atoms with Crippen LogP contribution in [0.25, 0.3) is 0 Å². The minimum atomic E-state index is -0.696. The average Bonchev–Trinajstić information content (AvgIpc) is 2.25. The lowest BCUT2D eigenvalue weighted by molar-refractivity contribution is -0.144. The van der Waals surface area contributed by atoms with Crippen LogP contribution in [-0.2, 0) is 16.1 Å². The minimum Gasteiger partial charge on any atom is -0.494 e. The van der Waals surface area contributed by atoms with Gasteiger partial charge in [0.2, 0.25) is 0 Å². The number of ether oxygens (including phenoxy) is 1. The van der Waals surface area contributed by atoms with Crippen molar-refractivity contribution in [3.05, 3.63) is 27.5 Å². The third kappa shape index (κ3) is 2.64. The van der Waals surface area contributed by atoms with Gasteiger partial charge in [0, 0.05) is 6.07 Å². The molecular weight excluding hydrogens is 224 g/mol. The number of hydrogen-bond acceptors (Lipinski definition) is 5. The van der Waals surface area contributed by atoms with Crippen LogP contribution < -0.4 is 5.56 Å². The number of nitrogens with zero attached hydrogens (tertiary/aromatic N) is 2. The molecule has 1 heterocycles. The number of carbonyl (C=O) groups is 1. The molecule has 0 radical (unpaired) electrons. The molecule has 6 nitrogen and oxygen atoms in total. The highest BCUT2D eigenvalue weighted by atomic mass is 16.5. The summed E-state index contributed by atoms with van der Waals surface area (Å²) < 4.78 is 5.48. The normalized spacial score (nSPS) is 9.71. The van der Waals surface area contributed by atoms with Gasteiger partial charge in [-0.05, 0) is 19.4 Å². The minimum absolute atomic E-state index is 0.0906. The van der Waals surface area contributed by atoms with Crippen molar-refractivity contribution < 1.29 is 14.6 Å². The maximum atomic E-state index is 11.8. The van der Waals surface area contributed by atoms with Crippen LogP contribution in [-0.4, -0.2) is 22.2 Å². The Morgan fingerprint density at radius 1 is 1.65 bits per heavy atom. The van der Waals surface area contributed by atoms with Crippen molar-refractivity contribution in [2.45, 2.75) is 20.4 Å². The number of aromatic nitrogens is 1. The molecule has 1 aromatic heterocycles. The monoisotopic (exact) mass is 236 g/mol. The van der Waals surface area contributed by atoms with Gasteiger partial charge in [-0.15, -0.1) is 0 Å². The standard InChI is InChI=1S/C11H12N2O4/c1-3-17-10(15)6-13-9(14)4-7(2)8(5-12)11(13)16/h4,14H,3,6H2,1-2H3. The van der Waals surface area contributed by atoms with E-state index in [4.69, 9.17) is 5.26 Å². The summed E-state index contributed by atoms with van der Waals surface area (Å²) in [5, 5.41) is 18.3.